The lowest BCUT2D eigenvalue weighted by atomic mass is 9.84. The largest absolute Gasteiger partial charge is 0.508 e. The maximum absolute atomic E-state index is 10.3. The average Bonchev–Trinajstić information content (AvgIpc) is 2.54. The molecule has 0 amide bonds. The van der Waals surface area contributed by atoms with Crippen LogP contribution in [0.2, 0.25) is 0 Å². The van der Waals surface area contributed by atoms with Gasteiger partial charge in [0.15, 0.2) is 0 Å². The lowest BCUT2D eigenvalue weighted by Crippen LogP contribution is -2.05. The third kappa shape index (κ3) is 3.52. The molecule has 0 heterocycles. The van der Waals surface area contributed by atoms with Gasteiger partial charge >= 0.3 is 0 Å². The summed E-state index contributed by atoms with van der Waals surface area (Å²) in [6, 6.07) is 8.61. The minimum atomic E-state index is 0.00426. The fourth-order valence-corrected chi connectivity index (χ4v) is 2.97. The van der Waals surface area contributed by atoms with E-state index in [4.69, 9.17) is 9.47 Å². The minimum Gasteiger partial charge on any atom is -0.508 e. The van der Waals surface area contributed by atoms with E-state index in [1.165, 1.54) is 6.07 Å². The van der Waals surface area contributed by atoms with Crippen LogP contribution < -0.4 is 9.47 Å². The summed E-state index contributed by atoms with van der Waals surface area (Å²) >= 11 is 0. The Hall–Kier alpha value is -2.36. The summed E-state index contributed by atoms with van der Waals surface area (Å²) in [5.74, 6) is 1.65. The van der Waals surface area contributed by atoms with E-state index in [2.05, 4.69) is 6.92 Å². The predicted octanol–water partition coefficient (Wildman–Crippen LogP) is 4.36. The van der Waals surface area contributed by atoms with Crippen LogP contribution in [0.5, 0.6) is 23.0 Å². The van der Waals surface area contributed by atoms with Crippen molar-refractivity contribution in [3.8, 4) is 23.0 Å². The molecule has 2 aromatic rings. The smallest absolute Gasteiger partial charge is 0.125 e. The number of aromatic hydroxyl groups is 2. The van der Waals surface area contributed by atoms with Crippen molar-refractivity contribution in [2.45, 2.75) is 32.6 Å². The Kier molecular flexibility index (Phi) is 5.37. The highest BCUT2D eigenvalue weighted by molar-refractivity contribution is 5.52. The fraction of sp³-hybridized carbons (Fsp3) is 0.368. The molecule has 1 atom stereocenters. The van der Waals surface area contributed by atoms with Crippen LogP contribution >= 0.6 is 0 Å². The second kappa shape index (κ2) is 7.27. The number of hydrogen-bond donors (Lipinski definition) is 2. The maximum Gasteiger partial charge on any atom is 0.125 e. The standard InChI is InChI=1S/C19H24O4/c1-5-6-15(16-8-7-13(20)9-18(16)21)17-10-14(22-3)11-19(23-4)12(17)2/h7-11,15,20-21H,5-6H2,1-4H3. The molecular weight excluding hydrogens is 292 g/mol. The van der Waals surface area contributed by atoms with E-state index in [1.54, 1.807) is 26.4 Å². The second-order valence-electron chi connectivity index (χ2n) is 5.63. The van der Waals surface area contributed by atoms with Crippen molar-refractivity contribution in [3.63, 3.8) is 0 Å². The molecule has 124 valence electrons. The number of phenolic OH excluding ortho intramolecular Hbond substituents is 2. The Morgan fingerprint density at radius 3 is 2.30 bits per heavy atom. The molecule has 4 nitrogen and oxygen atoms in total. The van der Waals surface area contributed by atoms with Gasteiger partial charge in [0, 0.05) is 23.6 Å². The number of hydrogen-bond acceptors (Lipinski definition) is 4. The van der Waals surface area contributed by atoms with Crippen LogP contribution in [0, 0.1) is 6.92 Å². The molecule has 0 aliphatic carbocycles. The van der Waals surface area contributed by atoms with Gasteiger partial charge in [0.25, 0.3) is 0 Å². The number of methoxy groups -OCH3 is 2. The molecule has 0 radical (unpaired) electrons. The molecule has 2 rings (SSSR count). The van der Waals surface area contributed by atoms with E-state index in [1.807, 2.05) is 19.1 Å². The molecule has 0 saturated carbocycles. The molecule has 0 aromatic heterocycles. The summed E-state index contributed by atoms with van der Waals surface area (Å²) in [4.78, 5) is 0. The highest BCUT2D eigenvalue weighted by Crippen LogP contribution is 2.41. The number of phenols is 2. The molecule has 4 heteroatoms. The molecule has 2 N–H and O–H groups in total. The lowest BCUT2D eigenvalue weighted by Gasteiger charge is -2.23. The van der Waals surface area contributed by atoms with Crippen molar-refractivity contribution in [2.75, 3.05) is 14.2 Å². The Morgan fingerprint density at radius 1 is 1.00 bits per heavy atom. The molecular formula is C19H24O4. The minimum absolute atomic E-state index is 0.00426. The number of ether oxygens (including phenoxy) is 2. The van der Waals surface area contributed by atoms with Gasteiger partial charge in [-0.05, 0) is 36.6 Å². The monoisotopic (exact) mass is 316 g/mol. The van der Waals surface area contributed by atoms with Crippen molar-refractivity contribution < 1.29 is 19.7 Å². The van der Waals surface area contributed by atoms with Gasteiger partial charge in [-0.3, -0.25) is 0 Å². The molecule has 0 saturated heterocycles. The van der Waals surface area contributed by atoms with E-state index in [0.29, 0.717) is 0 Å². The van der Waals surface area contributed by atoms with E-state index >= 15 is 0 Å². The van der Waals surface area contributed by atoms with Gasteiger partial charge in [-0.25, -0.2) is 0 Å². The maximum atomic E-state index is 10.3. The van der Waals surface area contributed by atoms with Gasteiger partial charge in [-0.2, -0.15) is 0 Å². The summed E-state index contributed by atoms with van der Waals surface area (Å²) in [7, 11) is 3.26. The molecule has 0 bridgehead atoms. The highest BCUT2D eigenvalue weighted by Gasteiger charge is 2.22. The summed E-state index contributed by atoms with van der Waals surface area (Å²) in [6.07, 6.45) is 1.83. The molecule has 1 unspecified atom stereocenters. The Bertz CT molecular complexity index is 679. The van der Waals surface area contributed by atoms with Crippen LogP contribution in [0.1, 0.15) is 42.4 Å². The zero-order chi connectivity index (χ0) is 17.0. The quantitative estimate of drug-likeness (QED) is 0.831. The number of rotatable bonds is 6. The molecule has 0 aliphatic rings. The van der Waals surface area contributed by atoms with Crippen molar-refractivity contribution in [3.05, 3.63) is 47.0 Å². The zero-order valence-electron chi connectivity index (χ0n) is 14.1. The van der Waals surface area contributed by atoms with Gasteiger partial charge in [-0.15, -0.1) is 0 Å². The van der Waals surface area contributed by atoms with Crippen LogP contribution in [0.15, 0.2) is 30.3 Å². The Morgan fingerprint density at radius 2 is 1.74 bits per heavy atom. The number of benzene rings is 2. The third-order valence-corrected chi connectivity index (χ3v) is 4.17. The second-order valence-corrected chi connectivity index (χ2v) is 5.63. The van der Waals surface area contributed by atoms with Crippen molar-refractivity contribution in [1.82, 2.24) is 0 Å². The van der Waals surface area contributed by atoms with Crippen LogP contribution in [0.3, 0.4) is 0 Å². The molecule has 0 fully saturated rings. The van der Waals surface area contributed by atoms with Gasteiger partial charge < -0.3 is 19.7 Å². The fourth-order valence-electron chi connectivity index (χ4n) is 2.97. The molecule has 0 aliphatic heterocycles. The first kappa shape index (κ1) is 17.0. The Labute approximate surface area is 137 Å². The molecule has 0 spiro atoms. The first-order valence-electron chi connectivity index (χ1n) is 7.76. The van der Waals surface area contributed by atoms with E-state index in [0.717, 1.165) is 41.0 Å². The molecule has 23 heavy (non-hydrogen) atoms. The normalized spacial score (nSPS) is 12.0. The zero-order valence-corrected chi connectivity index (χ0v) is 14.1. The van der Waals surface area contributed by atoms with E-state index in [9.17, 15) is 10.2 Å². The molecule has 2 aromatic carbocycles. The summed E-state index contributed by atoms with van der Waals surface area (Å²) in [5, 5.41) is 19.8. The predicted molar refractivity (Wildman–Crippen MR) is 90.8 cm³/mol. The topological polar surface area (TPSA) is 58.9 Å². The van der Waals surface area contributed by atoms with Gasteiger partial charge in [0.1, 0.15) is 23.0 Å². The van der Waals surface area contributed by atoms with E-state index < -0.39 is 0 Å². The SMILES string of the molecule is CCCC(c1ccc(O)cc1O)c1cc(OC)cc(OC)c1C. The van der Waals surface area contributed by atoms with Crippen LogP contribution in [-0.4, -0.2) is 24.4 Å². The van der Waals surface area contributed by atoms with Crippen LogP contribution in [-0.2, 0) is 0 Å². The summed E-state index contributed by atoms with van der Waals surface area (Å²) < 4.78 is 10.8. The summed E-state index contributed by atoms with van der Waals surface area (Å²) in [5.41, 5.74) is 2.88. The first-order valence-corrected chi connectivity index (χ1v) is 7.76. The van der Waals surface area contributed by atoms with Crippen molar-refractivity contribution in [1.29, 1.82) is 0 Å². The average molecular weight is 316 g/mol. The third-order valence-electron chi connectivity index (χ3n) is 4.17. The van der Waals surface area contributed by atoms with Crippen LogP contribution in [0.4, 0.5) is 0 Å². The van der Waals surface area contributed by atoms with Gasteiger partial charge in [0.2, 0.25) is 0 Å². The lowest BCUT2D eigenvalue weighted by molar-refractivity contribution is 0.390. The highest BCUT2D eigenvalue weighted by atomic mass is 16.5. The van der Waals surface area contributed by atoms with Crippen molar-refractivity contribution in [2.24, 2.45) is 0 Å². The van der Waals surface area contributed by atoms with Gasteiger partial charge in [-0.1, -0.05) is 19.4 Å². The first-order chi connectivity index (χ1) is 11.0. The summed E-state index contributed by atoms with van der Waals surface area (Å²) in [6.45, 7) is 4.12. The van der Waals surface area contributed by atoms with Crippen LogP contribution in [0.25, 0.3) is 0 Å². The Balaban J connectivity index is 2.61. The van der Waals surface area contributed by atoms with Gasteiger partial charge in [0.05, 0.1) is 14.2 Å². The van der Waals surface area contributed by atoms with E-state index in [-0.39, 0.29) is 17.4 Å². The van der Waals surface area contributed by atoms with Crippen molar-refractivity contribution >= 4 is 0 Å².